The average molecular weight is 203 g/mol. The van der Waals surface area contributed by atoms with E-state index in [4.69, 9.17) is 0 Å². The molecule has 0 N–H and O–H groups in total. The Morgan fingerprint density at radius 3 is 2.40 bits per heavy atom. The Bertz CT molecular complexity index is 339. The van der Waals surface area contributed by atoms with Crippen molar-refractivity contribution in [3.8, 4) is 0 Å². The zero-order chi connectivity index (χ0) is 10.7. The molecule has 0 bridgehead atoms. The molecule has 1 heterocycles. The highest BCUT2D eigenvalue weighted by atomic mass is 16.2. The van der Waals surface area contributed by atoms with Gasteiger partial charge in [0.05, 0.1) is 0 Å². The summed E-state index contributed by atoms with van der Waals surface area (Å²) >= 11 is 0. The number of aryl methyl sites for hydroxylation is 1. The molecule has 79 valence electrons. The summed E-state index contributed by atoms with van der Waals surface area (Å²) in [6, 6.07) is 7.73. The van der Waals surface area contributed by atoms with Crippen LogP contribution in [0.2, 0.25) is 0 Å². The minimum absolute atomic E-state index is 0.130. The van der Waals surface area contributed by atoms with E-state index in [0.29, 0.717) is 0 Å². The summed E-state index contributed by atoms with van der Waals surface area (Å²) in [5, 5.41) is 4.22. The van der Waals surface area contributed by atoms with Crippen LogP contribution in [-0.4, -0.2) is 37.0 Å². The van der Waals surface area contributed by atoms with Gasteiger partial charge in [0.2, 0.25) is 0 Å². The van der Waals surface area contributed by atoms with Crippen LogP contribution in [0, 0.1) is 6.92 Å². The first-order valence-corrected chi connectivity index (χ1v) is 5.26. The first-order valence-electron chi connectivity index (χ1n) is 5.26. The van der Waals surface area contributed by atoms with Crippen LogP contribution in [0.25, 0.3) is 0 Å². The SMILES string of the molecule is Cc1ccc(C(=O)N2CC[N]CC2)cc1. The molecule has 1 aromatic rings. The van der Waals surface area contributed by atoms with E-state index >= 15 is 0 Å². The van der Waals surface area contributed by atoms with Gasteiger partial charge in [-0.25, -0.2) is 5.32 Å². The Morgan fingerprint density at radius 1 is 1.20 bits per heavy atom. The van der Waals surface area contributed by atoms with Crippen molar-refractivity contribution in [2.24, 2.45) is 0 Å². The fourth-order valence-electron chi connectivity index (χ4n) is 1.69. The molecule has 0 unspecified atom stereocenters. The van der Waals surface area contributed by atoms with Crippen LogP contribution in [0.1, 0.15) is 15.9 Å². The van der Waals surface area contributed by atoms with Gasteiger partial charge in [0.15, 0.2) is 0 Å². The summed E-state index contributed by atoms with van der Waals surface area (Å²) in [5.41, 5.74) is 1.96. The molecule has 0 atom stereocenters. The first kappa shape index (κ1) is 10.2. The van der Waals surface area contributed by atoms with Gasteiger partial charge in [-0.05, 0) is 19.1 Å². The van der Waals surface area contributed by atoms with Gasteiger partial charge in [-0.3, -0.25) is 4.79 Å². The minimum atomic E-state index is 0.130. The highest BCUT2D eigenvalue weighted by molar-refractivity contribution is 5.94. The molecule has 0 aliphatic carbocycles. The van der Waals surface area contributed by atoms with Gasteiger partial charge in [0.25, 0.3) is 5.91 Å². The molecule has 0 spiro atoms. The fourth-order valence-corrected chi connectivity index (χ4v) is 1.69. The number of amides is 1. The second-order valence-corrected chi connectivity index (χ2v) is 3.83. The number of nitrogens with zero attached hydrogens (tertiary/aromatic N) is 2. The Kier molecular flexibility index (Phi) is 3.02. The van der Waals surface area contributed by atoms with Crippen LogP contribution < -0.4 is 5.32 Å². The molecule has 15 heavy (non-hydrogen) atoms. The highest BCUT2D eigenvalue weighted by Crippen LogP contribution is 2.07. The van der Waals surface area contributed by atoms with Crippen molar-refractivity contribution < 1.29 is 4.79 Å². The van der Waals surface area contributed by atoms with Crippen LogP contribution in [-0.2, 0) is 0 Å². The molecular weight excluding hydrogens is 188 g/mol. The van der Waals surface area contributed by atoms with E-state index in [9.17, 15) is 4.79 Å². The van der Waals surface area contributed by atoms with Crippen molar-refractivity contribution >= 4 is 5.91 Å². The number of rotatable bonds is 1. The summed E-state index contributed by atoms with van der Waals surface area (Å²) in [6.07, 6.45) is 0. The first-order chi connectivity index (χ1) is 7.27. The lowest BCUT2D eigenvalue weighted by atomic mass is 10.1. The van der Waals surface area contributed by atoms with Crippen molar-refractivity contribution in [3.05, 3.63) is 35.4 Å². The molecule has 1 aliphatic rings. The highest BCUT2D eigenvalue weighted by Gasteiger charge is 2.17. The minimum Gasteiger partial charge on any atom is -0.336 e. The average Bonchev–Trinajstić information content (AvgIpc) is 2.30. The lowest BCUT2D eigenvalue weighted by Crippen LogP contribution is -2.43. The number of benzene rings is 1. The van der Waals surface area contributed by atoms with Crippen molar-refractivity contribution in [2.75, 3.05) is 26.2 Å². The summed E-state index contributed by atoms with van der Waals surface area (Å²) in [7, 11) is 0. The topological polar surface area (TPSA) is 34.4 Å². The number of carbonyl (C=O) groups is 1. The molecule has 0 aromatic heterocycles. The lowest BCUT2D eigenvalue weighted by molar-refractivity contribution is 0.0734. The molecule has 0 saturated carbocycles. The molecule has 2 rings (SSSR count). The second-order valence-electron chi connectivity index (χ2n) is 3.83. The molecule has 1 saturated heterocycles. The number of piperazine rings is 1. The third kappa shape index (κ3) is 2.36. The maximum atomic E-state index is 12.0. The van der Waals surface area contributed by atoms with E-state index in [-0.39, 0.29) is 5.91 Å². The third-order valence-electron chi connectivity index (χ3n) is 2.64. The molecule has 1 radical (unpaired) electrons. The van der Waals surface area contributed by atoms with Crippen molar-refractivity contribution in [1.29, 1.82) is 0 Å². The van der Waals surface area contributed by atoms with E-state index in [1.54, 1.807) is 0 Å². The van der Waals surface area contributed by atoms with Gasteiger partial charge in [-0.2, -0.15) is 0 Å². The van der Waals surface area contributed by atoms with E-state index in [2.05, 4.69) is 5.32 Å². The third-order valence-corrected chi connectivity index (χ3v) is 2.64. The van der Waals surface area contributed by atoms with Crippen LogP contribution in [0.4, 0.5) is 0 Å². The van der Waals surface area contributed by atoms with Gasteiger partial charge >= 0.3 is 0 Å². The fraction of sp³-hybridized carbons (Fsp3) is 0.417. The maximum absolute atomic E-state index is 12.0. The van der Waals surface area contributed by atoms with Crippen molar-refractivity contribution in [2.45, 2.75) is 6.92 Å². The van der Waals surface area contributed by atoms with E-state index in [1.165, 1.54) is 5.56 Å². The Balaban J connectivity index is 2.09. The smallest absolute Gasteiger partial charge is 0.253 e. The summed E-state index contributed by atoms with van der Waals surface area (Å²) in [6.45, 7) is 5.09. The van der Waals surface area contributed by atoms with Gasteiger partial charge in [0, 0.05) is 31.7 Å². The van der Waals surface area contributed by atoms with E-state index in [1.807, 2.05) is 36.1 Å². The lowest BCUT2D eigenvalue weighted by Gasteiger charge is -2.26. The van der Waals surface area contributed by atoms with Gasteiger partial charge in [-0.15, -0.1) is 0 Å². The molecule has 3 nitrogen and oxygen atoms in total. The van der Waals surface area contributed by atoms with Crippen LogP contribution in [0.3, 0.4) is 0 Å². The van der Waals surface area contributed by atoms with E-state index < -0.39 is 0 Å². The normalized spacial score (nSPS) is 16.5. The van der Waals surface area contributed by atoms with Gasteiger partial charge < -0.3 is 4.90 Å². The molecular formula is C12H15N2O. The van der Waals surface area contributed by atoms with Crippen molar-refractivity contribution in [3.63, 3.8) is 0 Å². The summed E-state index contributed by atoms with van der Waals surface area (Å²) < 4.78 is 0. The van der Waals surface area contributed by atoms with Crippen molar-refractivity contribution in [1.82, 2.24) is 10.2 Å². The second kappa shape index (κ2) is 4.45. The predicted molar refractivity (Wildman–Crippen MR) is 59.0 cm³/mol. The molecule has 1 aromatic carbocycles. The van der Waals surface area contributed by atoms with Gasteiger partial charge in [0.1, 0.15) is 0 Å². The predicted octanol–water partition coefficient (Wildman–Crippen LogP) is 1.06. The Labute approximate surface area is 90.1 Å². The van der Waals surface area contributed by atoms with Crippen LogP contribution >= 0.6 is 0 Å². The zero-order valence-electron chi connectivity index (χ0n) is 8.94. The van der Waals surface area contributed by atoms with Crippen LogP contribution in [0.15, 0.2) is 24.3 Å². The number of hydrogen-bond donors (Lipinski definition) is 0. The number of hydrogen-bond acceptors (Lipinski definition) is 1. The quantitative estimate of drug-likeness (QED) is 0.672. The Morgan fingerprint density at radius 2 is 1.80 bits per heavy atom. The summed E-state index contributed by atoms with van der Waals surface area (Å²) in [4.78, 5) is 13.9. The monoisotopic (exact) mass is 203 g/mol. The number of carbonyl (C=O) groups excluding carboxylic acids is 1. The molecule has 1 fully saturated rings. The maximum Gasteiger partial charge on any atom is 0.253 e. The van der Waals surface area contributed by atoms with E-state index in [0.717, 1.165) is 31.7 Å². The standard InChI is InChI=1S/C12H15N2O/c1-10-2-4-11(5-3-10)12(15)14-8-6-13-7-9-14/h2-5H,6-9H2,1H3. The zero-order valence-corrected chi connectivity index (χ0v) is 8.94. The molecule has 3 heteroatoms. The largest absolute Gasteiger partial charge is 0.336 e. The molecule has 1 amide bonds. The summed E-state index contributed by atoms with van der Waals surface area (Å²) in [5.74, 6) is 0.130. The van der Waals surface area contributed by atoms with Crippen LogP contribution in [0.5, 0.6) is 0 Å². The van der Waals surface area contributed by atoms with Gasteiger partial charge in [-0.1, -0.05) is 17.7 Å². The molecule has 1 aliphatic heterocycles. The Hall–Kier alpha value is -1.35.